The maximum atomic E-state index is 13.3. The van der Waals surface area contributed by atoms with Gasteiger partial charge in [0.25, 0.3) is 5.91 Å². The van der Waals surface area contributed by atoms with Crippen LogP contribution in [0, 0.1) is 5.41 Å². The molecule has 9 heteroatoms. The molecule has 0 aliphatic heterocycles. The van der Waals surface area contributed by atoms with Crippen LogP contribution in [0.1, 0.15) is 21.7 Å². The van der Waals surface area contributed by atoms with Gasteiger partial charge >= 0.3 is 0 Å². The van der Waals surface area contributed by atoms with Crippen molar-refractivity contribution in [2.45, 2.75) is 12.5 Å². The third kappa shape index (κ3) is 6.09. The minimum absolute atomic E-state index is 0.0541. The summed E-state index contributed by atoms with van der Waals surface area (Å²) in [6.45, 7) is 0. The number of nitrogens with one attached hydrogen (secondary N) is 3. The number of hydrogen-bond donors (Lipinski definition) is 5. The predicted octanol–water partition coefficient (Wildman–Crippen LogP) is 3.19. The highest BCUT2D eigenvalue weighted by atomic mass is 16.2. The van der Waals surface area contributed by atoms with Gasteiger partial charge in [0, 0.05) is 41.4 Å². The summed E-state index contributed by atoms with van der Waals surface area (Å²) in [5.74, 6) is -0.899. The SMILES string of the molecule is N=C(N)c1cccc(N[C@@H](Cc2ccccn2)C(=O)Nc2ccc(-c3ccnc(C(N)=O)c3)cc2)c1. The Balaban J connectivity index is 1.53. The van der Waals surface area contributed by atoms with Crippen LogP contribution in [0.25, 0.3) is 11.1 Å². The van der Waals surface area contributed by atoms with Crippen LogP contribution in [0.15, 0.2) is 91.3 Å². The zero-order chi connectivity index (χ0) is 25.5. The maximum absolute atomic E-state index is 13.3. The summed E-state index contributed by atoms with van der Waals surface area (Å²) in [7, 11) is 0. The molecule has 0 radical (unpaired) electrons. The van der Waals surface area contributed by atoms with Crippen LogP contribution >= 0.6 is 0 Å². The number of carbonyl (C=O) groups is 2. The first-order chi connectivity index (χ1) is 17.4. The van der Waals surface area contributed by atoms with Crippen LogP contribution in [0.3, 0.4) is 0 Å². The molecule has 9 nitrogen and oxygen atoms in total. The van der Waals surface area contributed by atoms with E-state index in [2.05, 4.69) is 20.6 Å². The van der Waals surface area contributed by atoms with Crippen LogP contribution in [0.2, 0.25) is 0 Å². The van der Waals surface area contributed by atoms with Crippen LogP contribution in [-0.2, 0) is 11.2 Å². The van der Waals surface area contributed by atoms with E-state index in [1.807, 2.05) is 36.4 Å². The Hall–Kier alpha value is -5.05. The number of amidine groups is 1. The summed E-state index contributed by atoms with van der Waals surface area (Å²) in [6.07, 6.45) is 3.56. The lowest BCUT2D eigenvalue weighted by atomic mass is 10.0. The number of anilines is 2. The first-order valence-electron chi connectivity index (χ1n) is 11.2. The van der Waals surface area contributed by atoms with Crippen molar-refractivity contribution in [3.63, 3.8) is 0 Å². The van der Waals surface area contributed by atoms with Gasteiger partial charge in [0.05, 0.1) is 0 Å². The third-order valence-electron chi connectivity index (χ3n) is 5.47. The lowest BCUT2D eigenvalue weighted by molar-refractivity contribution is -0.116. The molecule has 0 unspecified atom stereocenters. The van der Waals surface area contributed by atoms with E-state index < -0.39 is 11.9 Å². The van der Waals surface area contributed by atoms with Crippen molar-refractivity contribution < 1.29 is 9.59 Å². The van der Waals surface area contributed by atoms with E-state index in [1.54, 1.807) is 48.7 Å². The van der Waals surface area contributed by atoms with E-state index in [1.165, 1.54) is 6.20 Å². The van der Waals surface area contributed by atoms with Crippen molar-refractivity contribution in [1.29, 1.82) is 5.41 Å². The van der Waals surface area contributed by atoms with Gasteiger partial charge in [-0.05, 0) is 59.7 Å². The summed E-state index contributed by atoms with van der Waals surface area (Å²) in [5, 5.41) is 13.9. The van der Waals surface area contributed by atoms with E-state index in [0.717, 1.165) is 16.8 Å². The molecule has 0 saturated heterocycles. The molecule has 4 rings (SSSR count). The van der Waals surface area contributed by atoms with Gasteiger partial charge in [-0.2, -0.15) is 0 Å². The summed E-state index contributed by atoms with van der Waals surface area (Å²) in [4.78, 5) is 33.0. The number of benzene rings is 2. The molecule has 0 aliphatic carbocycles. The normalized spacial score (nSPS) is 11.3. The smallest absolute Gasteiger partial charge is 0.267 e. The molecule has 0 saturated carbocycles. The molecule has 4 aromatic rings. The number of rotatable bonds is 9. The Morgan fingerprint density at radius 3 is 2.33 bits per heavy atom. The van der Waals surface area contributed by atoms with Crippen LogP contribution in [0.5, 0.6) is 0 Å². The zero-order valence-corrected chi connectivity index (χ0v) is 19.3. The molecule has 0 aliphatic rings. The molecule has 7 N–H and O–H groups in total. The molecular weight excluding hydrogens is 454 g/mol. The molecule has 0 spiro atoms. The number of primary amides is 1. The van der Waals surface area contributed by atoms with E-state index in [9.17, 15) is 9.59 Å². The predicted molar refractivity (Wildman–Crippen MR) is 140 cm³/mol. The lowest BCUT2D eigenvalue weighted by Crippen LogP contribution is -2.36. The molecule has 180 valence electrons. The zero-order valence-electron chi connectivity index (χ0n) is 19.3. The van der Waals surface area contributed by atoms with Gasteiger partial charge in [-0.25, -0.2) is 0 Å². The Bertz CT molecular complexity index is 1390. The number of hydrogen-bond acceptors (Lipinski definition) is 6. The molecule has 0 bridgehead atoms. The quantitative estimate of drug-likeness (QED) is 0.183. The second kappa shape index (κ2) is 10.9. The average molecular weight is 480 g/mol. The molecule has 1 atom stereocenters. The first-order valence-corrected chi connectivity index (χ1v) is 11.2. The highest BCUT2D eigenvalue weighted by molar-refractivity contribution is 5.98. The Labute approximate surface area is 208 Å². The maximum Gasteiger partial charge on any atom is 0.267 e. The van der Waals surface area contributed by atoms with Crippen LogP contribution in [0.4, 0.5) is 11.4 Å². The molecule has 2 amide bonds. The standard InChI is InChI=1S/C27H25N7O2/c28-25(29)19-4-3-6-22(14-19)33-24(16-21-5-1-2-12-31-21)27(36)34-20-9-7-17(8-10-20)18-11-13-32-23(15-18)26(30)35/h1-15,24,33H,16H2,(H3,28,29)(H2,30,35)(H,34,36)/t24-/m0/s1. The third-order valence-corrected chi connectivity index (χ3v) is 5.47. The summed E-state index contributed by atoms with van der Waals surface area (Å²) < 4.78 is 0. The van der Waals surface area contributed by atoms with Crippen LogP contribution in [-0.4, -0.2) is 33.7 Å². The van der Waals surface area contributed by atoms with Crippen molar-refractivity contribution >= 4 is 29.0 Å². The number of nitrogens with zero attached hydrogens (tertiary/aromatic N) is 2. The number of pyridine rings is 2. The minimum Gasteiger partial charge on any atom is -0.384 e. The van der Waals surface area contributed by atoms with Gasteiger partial charge in [-0.1, -0.05) is 30.3 Å². The second-order valence-electron chi connectivity index (χ2n) is 8.08. The molecule has 2 aromatic carbocycles. The monoisotopic (exact) mass is 479 g/mol. The highest BCUT2D eigenvalue weighted by Crippen LogP contribution is 2.22. The lowest BCUT2D eigenvalue weighted by Gasteiger charge is -2.20. The number of carbonyl (C=O) groups excluding carboxylic acids is 2. The molecule has 36 heavy (non-hydrogen) atoms. The van der Waals surface area contributed by atoms with Gasteiger partial charge in [-0.3, -0.25) is 25.0 Å². The molecule has 2 aromatic heterocycles. The second-order valence-corrected chi connectivity index (χ2v) is 8.08. The van der Waals surface area contributed by atoms with Crippen LogP contribution < -0.4 is 22.1 Å². The van der Waals surface area contributed by atoms with Gasteiger partial charge in [0.2, 0.25) is 5.91 Å². The Morgan fingerprint density at radius 2 is 1.64 bits per heavy atom. The minimum atomic E-state index is -0.639. The van der Waals surface area contributed by atoms with E-state index in [4.69, 9.17) is 16.9 Å². The van der Waals surface area contributed by atoms with E-state index in [-0.39, 0.29) is 17.4 Å². The van der Waals surface area contributed by atoms with Gasteiger partial charge in [0.1, 0.15) is 17.6 Å². The number of amides is 2. The molecule has 0 fully saturated rings. The first kappa shape index (κ1) is 24.1. The summed E-state index contributed by atoms with van der Waals surface area (Å²) in [5.41, 5.74) is 15.3. The highest BCUT2D eigenvalue weighted by Gasteiger charge is 2.20. The van der Waals surface area contributed by atoms with E-state index >= 15 is 0 Å². The topological polar surface area (TPSA) is 160 Å². The molecular formula is C27H25N7O2. The number of nitrogen functional groups attached to an aromatic ring is 1. The van der Waals surface area contributed by atoms with Gasteiger partial charge in [-0.15, -0.1) is 0 Å². The van der Waals surface area contributed by atoms with Crippen molar-refractivity contribution in [3.8, 4) is 11.1 Å². The van der Waals surface area contributed by atoms with Gasteiger partial charge < -0.3 is 22.1 Å². The fraction of sp³-hybridized carbons (Fsp3) is 0.0741. The number of nitrogens with two attached hydrogens (primary N) is 2. The molecule has 2 heterocycles. The van der Waals surface area contributed by atoms with Gasteiger partial charge in [0.15, 0.2) is 0 Å². The van der Waals surface area contributed by atoms with Crippen molar-refractivity contribution in [1.82, 2.24) is 9.97 Å². The average Bonchev–Trinajstić information content (AvgIpc) is 2.89. The summed E-state index contributed by atoms with van der Waals surface area (Å²) in [6, 6.07) is 22.6. The van der Waals surface area contributed by atoms with E-state index in [0.29, 0.717) is 23.4 Å². The fourth-order valence-corrected chi connectivity index (χ4v) is 3.64. The Kier molecular flexibility index (Phi) is 7.30. The Morgan fingerprint density at radius 1 is 0.833 bits per heavy atom. The summed E-state index contributed by atoms with van der Waals surface area (Å²) >= 11 is 0. The van der Waals surface area contributed by atoms with Crippen molar-refractivity contribution in [2.24, 2.45) is 11.5 Å². The number of aromatic nitrogens is 2. The largest absolute Gasteiger partial charge is 0.384 e. The van der Waals surface area contributed by atoms with Crippen molar-refractivity contribution in [3.05, 3.63) is 108 Å². The fourth-order valence-electron chi connectivity index (χ4n) is 3.64. The van der Waals surface area contributed by atoms with Crippen molar-refractivity contribution in [2.75, 3.05) is 10.6 Å².